The Morgan fingerprint density at radius 1 is 1.00 bits per heavy atom. The molecule has 0 spiro atoms. The number of methoxy groups -OCH3 is 2. The van der Waals surface area contributed by atoms with Crippen LogP contribution in [0.25, 0.3) is 0 Å². The fraction of sp³-hybridized carbons (Fsp3) is 0.458. The van der Waals surface area contributed by atoms with E-state index in [9.17, 15) is 13.6 Å². The first-order valence-electron chi connectivity index (χ1n) is 10.5. The van der Waals surface area contributed by atoms with E-state index >= 15 is 4.39 Å². The number of ketones is 1. The SMILES string of the molecule is COc1cc2c(cc1OC)C(=O)C(CC1(F)CCN(Cc3cc(F)cc(F)c3)CC1)C2. The number of fused-ring (bicyclic) bond motifs is 1. The maximum absolute atomic E-state index is 15.6. The lowest BCUT2D eigenvalue weighted by Crippen LogP contribution is -2.43. The first kappa shape index (κ1) is 21.7. The summed E-state index contributed by atoms with van der Waals surface area (Å²) >= 11 is 0. The summed E-state index contributed by atoms with van der Waals surface area (Å²) in [5.74, 6) is -0.621. The van der Waals surface area contributed by atoms with Crippen molar-refractivity contribution in [3.63, 3.8) is 0 Å². The van der Waals surface area contributed by atoms with E-state index in [4.69, 9.17) is 9.47 Å². The largest absolute Gasteiger partial charge is 0.493 e. The lowest BCUT2D eigenvalue weighted by atomic mass is 9.82. The summed E-state index contributed by atoms with van der Waals surface area (Å²) in [4.78, 5) is 14.9. The second-order valence-corrected chi connectivity index (χ2v) is 8.54. The van der Waals surface area contributed by atoms with Gasteiger partial charge in [0.05, 0.1) is 14.2 Å². The summed E-state index contributed by atoms with van der Waals surface area (Å²) < 4.78 is 53.0. The Hall–Kier alpha value is -2.54. The highest BCUT2D eigenvalue weighted by Gasteiger charge is 2.42. The fourth-order valence-electron chi connectivity index (χ4n) is 4.78. The van der Waals surface area contributed by atoms with Crippen LogP contribution in [0.15, 0.2) is 30.3 Å². The van der Waals surface area contributed by atoms with Crippen LogP contribution < -0.4 is 9.47 Å². The molecule has 1 heterocycles. The van der Waals surface area contributed by atoms with Gasteiger partial charge in [-0.2, -0.15) is 0 Å². The maximum Gasteiger partial charge on any atom is 0.166 e. The average Bonchev–Trinajstić information content (AvgIpc) is 3.02. The van der Waals surface area contributed by atoms with Crippen LogP contribution in [0.5, 0.6) is 11.5 Å². The van der Waals surface area contributed by atoms with Crippen molar-refractivity contribution in [3.8, 4) is 11.5 Å². The standard InChI is InChI=1S/C24H26F3NO3/c1-30-21-10-16-9-17(23(29)20(16)12-22(21)31-2)13-24(27)3-5-28(6-4-24)14-15-7-18(25)11-19(26)8-15/h7-8,10-12,17H,3-6,9,13-14H2,1-2H3. The molecule has 1 unspecified atom stereocenters. The monoisotopic (exact) mass is 433 g/mol. The molecule has 1 atom stereocenters. The lowest BCUT2D eigenvalue weighted by molar-refractivity contribution is 0.0335. The van der Waals surface area contributed by atoms with Gasteiger partial charge in [0.2, 0.25) is 0 Å². The smallest absolute Gasteiger partial charge is 0.166 e. The maximum atomic E-state index is 15.6. The minimum Gasteiger partial charge on any atom is -0.493 e. The second kappa shape index (κ2) is 8.54. The fourth-order valence-corrected chi connectivity index (χ4v) is 4.78. The number of likely N-dealkylation sites (tertiary alicyclic amines) is 1. The predicted molar refractivity (Wildman–Crippen MR) is 110 cm³/mol. The van der Waals surface area contributed by atoms with Gasteiger partial charge in [0.1, 0.15) is 17.3 Å². The Morgan fingerprint density at radius 2 is 1.61 bits per heavy atom. The van der Waals surface area contributed by atoms with Crippen LogP contribution in [0, 0.1) is 17.6 Å². The molecule has 166 valence electrons. The molecule has 4 rings (SSSR count). The van der Waals surface area contributed by atoms with Crippen molar-refractivity contribution >= 4 is 5.78 Å². The normalized spacial score (nSPS) is 20.5. The third kappa shape index (κ3) is 4.56. The molecule has 0 amide bonds. The second-order valence-electron chi connectivity index (χ2n) is 8.54. The molecule has 0 radical (unpaired) electrons. The van der Waals surface area contributed by atoms with Gasteiger partial charge in [-0.1, -0.05) is 0 Å². The number of rotatable bonds is 6. The molecule has 7 heteroatoms. The van der Waals surface area contributed by atoms with Crippen molar-refractivity contribution in [1.82, 2.24) is 4.90 Å². The number of alkyl halides is 1. The first-order chi connectivity index (χ1) is 14.8. The zero-order valence-electron chi connectivity index (χ0n) is 17.7. The molecule has 0 saturated carbocycles. The quantitative estimate of drug-likeness (QED) is 0.660. The number of halogens is 3. The summed E-state index contributed by atoms with van der Waals surface area (Å²) in [5.41, 5.74) is 0.548. The van der Waals surface area contributed by atoms with Crippen molar-refractivity contribution in [2.45, 2.75) is 37.9 Å². The number of Topliss-reactive ketones (excluding diaryl/α,β-unsaturated/α-hetero) is 1. The number of piperidine rings is 1. The number of carbonyl (C=O) groups excluding carboxylic acids is 1. The minimum absolute atomic E-state index is 0.0503. The molecule has 4 nitrogen and oxygen atoms in total. The van der Waals surface area contributed by atoms with Gasteiger partial charge in [-0.3, -0.25) is 9.69 Å². The molecule has 2 aromatic rings. The van der Waals surface area contributed by atoms with Crippen molar-refractivity contribution in [2.75, 3.05) is 27.3 Å². The Morgan fingerprint density at radius 3 is 2.23 bits per heavy atom. The predicted octanol–water partition coefficient (Wildman–Crippen LogP) is 4.73. The number of nitrogens with zero attached hydrogens (tertiary/aromatic N) is 1. The van der Waals surface area contributed by atoms with Crippen molar-refractivity contribution in [1.29, 1.82) is 0 Å². The Kier molecular flexibility index (Phi) is 5.97. The zero-order valence-corrected chi connectivity index (χ0v) is 17.7. The van der Waals surface area contributed by atoms with E-state index in [1.54, 1.807) is 19.2 Å². The van der Waals surface area contributed by atoms with Gasteiger partial charge in [0.25, 0.3) is 0 Å². The van der Waals surface area contributed by atoms with E-state index in [1.165, 1.54) is 19.2 Å². The van der Waals surface area contributed by atoms with E-state index in [-0.39, 0.29) is 25.0 Å². The van der Waals surface area contributed by atoms with Crippen LogP contribution in [0.2, 0.25) is 0 Å². The molecule has 31 heavy (non-hydrogen) atoms. The highest BCUT2D eigenvalue weighted by Crippen LogP contribution is 2.42. The van der Waals surface area contributed by atoms with Crippen LogP contribution in [-0.2, 0) is 13.0 Å². The summed E-state index contributed by atoms with van der Waals surface area (Å²) in [6, 6.07) is 6.93. The Bertz CT molecular complexity index is 966. The van der Waals surface area contributed by atoms with Crippen LogP contribution in [0.3, 0.4) is 0 Å². The van der Waals surface area contributed by atoms with Gasteiger partial charge in [0, 0.05) is 37.2 Å². The van der Waals surface area contributed by atoms with Gasteiger partial charge in [-0.05, 0) is 61.1 Å². The van der Waals surface area contributed by atoms with E-state index in [1.807, 2.05) is 4.90 Å². The van der Waals surface area contributed by atoms with Gasteiger partial charge < -0.3 is 9.47 Å². The molecule has 2 aromatic carbocycles. The van der Waals surface area contributed by atoms with Crippen molar-refractivity contribution in [2.24, 2.45) is 5.92 Å². The van der Waals surface area contributed by atoms with Gasteiger partial charge >= 0.3 is 0 Å². The highest BCUT2D eigenvalue weighted by molar-refractivity contribution is 6.03. The molecule has 1 fully saturated rings. The first-order valence-corrected chi connectivity index (χ1v) is 10.5. The van der Waals surface area contributed by atoms with Gasteiger partial charge in [-0.15, -0.1) is 0 Å². The topological polar surface area (TPSA) is 38.8 Å². The Balaban J connectivity index is 1.38. The summed E-state index contributed by atoms with van der Waals surface area (Å²) in [5, 5.41) is 0. The van der Waals surface area contributed by atoms with E-state index < -0.39 is 23.2 Å². The van der Waals surface area contributed by atoms with Gasteiger partial charge in [-0.25, -0.2) is 13.2 Å². The van der Waals surface area contributed by atoms with Gasteiger partial charge in [0.15, 0.2) is 17.3 Å². The molecule has 1 saturated heterocycles. The molecule has 0 N–H and O–H groups in total. The highest BCUT2D eigenvalue weighted by atomic mass is 19.1. The van der Waals surface area contributed by atoms with Crippen molar-refractivity contribution in [3.05, 3.63) is 58.7 Å². The lowest BCUT2D eigenvalue weighted by Gasteiger charge is -2.37. The Labute approximate surface area is 180 Å². The number of ether oxygens (including phenoxy) is 2. The molecular weight excluding hydrogens is 407 g/mol. The third-order valence-corrected chi connectivity index (χ3v) is 6.40. The van der Waals surface area contributed by atoms with Crippen LogP contribution in [-0.4, -0.2) is 43.7 Å². The summed E-state index contributed by atoms with van der Waals surface area (Å²) in [7, 11) is 3.06. The van der Waals surface area contributed by atoms with Crippen LogP contribution in [0.1, 0.15) is 40.7 Å². The average molecular weight is 433 g/mol. The number of hydrogen-bond donors (Lipinski definition) is 0. The molecule has 1 aliphatic heterocycles. The number of carbonyl (C=O) groups is 1. The molecule has 0 bridgehead atoms. The number of benzene rings is 2. The molecule has 2 aliphatic rings. The molecule has 1 aliphatic carbocycles. The molecular formula is C24H26F3NO3. The zero-order chi connectivity index (χ0) is 22.2. The van der Waals surface area contributed by atoms with E-state index in [0.29, 0.717) is 48.7 Å². The van der Waals surface area contributed by atoms with E-state index in [2.05, 4.69) is 0 Å². The minimum atomic E-state index is -1.43. The van der Waals surface area contributed by atoms with Crippen molar-refractivity contribution < 1.29 is 27.4 Å². The summed E-state index contributed by atoms with van der Waals surface area (Å²) in [6.07, 6.45) is 1.25. The summed E-state index contributed by atoms with van der Waals surface area (Å²) in [6.45, 7) is 1.33. The van der Waals surface area contributed by atoms with Crippen LogP contribution >= 0.6 is 0 Å². The van der Waals surface area contributed by atoms with E-state index in [0.717, 1.165) is 11.6 Å². The van der Waals surface area contributed by atoms with Crippen LogP contribution in [0.4, 0.5) is 13.2 Å². The number of hydrogen-bond acceptors (Lipinski definition) is 4. The third-order valence-electron chi connectivity index (χ3n) is 6.40. The molecule has 0 aromatic heterocycles.